The average Bonchev–Trinajstić information content (AvgIpc) is 1.80. The summed E-state index contributed by atoms with van der Waals surface area (Å²) in [6, 6.07) is 0. The van der Waals surface area contributed by atoms with Crippen molar-refractivity contribution in [3.05, 3.63) is 0 Å². The van der Waals surface area contributed by atoms with Gasteiger partial charge in [-0.25, -0.2) is 0 Å². The maximum Gasteiger partial charge on any atom is 0.272 e. The topological polar surface area (TPSA) is 29.1 Å². The number of hydrogen-bond donors (Lipinski definition) is 1. The van der Waals surface area contributed by atoms with E-state index in [1.807, 2.05) is 6.92 Å². The molecule has 60 valence electrons. The molecule has 10 heavy (non-hydrogen) atoms. The minimum Gasteiger partial charge on any atom is -0.352 e. The fourth-order valence-electron chi connectivity index (χ4n) is 0.339. The van der Waals surface area contributed by atoms with Gasteiger partial charge in [-0.1, -0.05) is 41.7 Å². The molecule has 5 heteroatoms. The predicted octanol–water partition coefficient (Wildman–Crippen LogP) is 1.88. The molecule has 0 aliphatic rings. The summed E-state index contributed by atoms with van der Waals surface area (Å²) < 4.78 is -1.82. The van der Waals surface area contributed by atoms with Gasteiger partial charge >= 0.3 is 0 Å². The van der Waals surface area contributed by atoms with Crippen molar-refractivity contribution in [2.45, 2.75) is 17.1 Å². The second kappa shape index (κ2) is 4.27. The van der Waals surface area contributed by atoms with Crippen LogP contribution in [0.2, 0.25) is 0 Å². The Bertz CT molecular complexity index is 121. The van der Waals surface area contributed by atoms with Gasteiger partial charge in [0.1, 0.15) is 0 Å². The summed E-state index contributed by atoms with van der Waals surface area (Å²) in [5.41, 5.74) is 0. The Morgan fingerprint density at radius 1 is 1.50 bits per heavy atom. The first-order valence-electron chi connectivity index (χ1n) is 2.83. The molecule has 0 atom stereocenters. The van der Waals surface area contributed by atoms with Crippen LogP contribution in [-0.4, -0.2) is 16.2 Å². The first-order chi connectivity index (χ1) is 4.48. The number of rotatable bonds is 2. The van der Waals surface area contributed by atoms with Crippen LogP contribution in [-0.2, 0) is 4.79 Å². The van der Waals surface area contributed by atoms with Gasteiger partial charge in [-0.15, -0.1) is 0 Å². The SMILES string of the molecule is CCCNC(=O)C(Cl)(Cl)Cl. The van der Waals surface area contributed by atoms with Gasteiger partial charge in [-0.05, 0) is 6.42 Å². The highest BCUT2D eigenvalue weighted by Gasteiger charge is 2.29. The van der Waals surface area contributed by atoms with Crippen molar-refractivity contribution in [2.75, 3.05) is 6.54 Å². The summed E-state index contributed by atoms with van der Waals surface area (Å²) in [5, 5.41) is 2.44. The summed E-state index contributed by atoms with van der Waals surface area (Å²) in [5.74, 6) is -0.570. The largest absolute Gasteiger partial charge is 0.352 e. The molecule has 0 bridgehead atoms. The first kappa shape index (κ1) is 10.3. The lowest BCUT2D eigenvalue weighted by molar-refractivity contribution is -0.120. The van der Waals surface area contributed by atoms with E-state index in [1.54, 1.807) is 0 Å². The van der Waals surface area contributed by atoms with Gasteiger partial charge in [0.2, 0.25) is 0 Å². The average molecular weight is 204 g/mol. The molecule has 0 radical (unpaired) electrons. The van der Waals surface area contributed by atoms with Gasteiger partial charge < -0.3 is 5.32 Å². The lowest BCUT2D eigenvalue weighted by Crippen LogP contribution is -2.34. The monoisotopic (exact) mass is 203 g/mol. The lowest BCUT2D eigenvalue weighted by Gasteiger charge is -2.09. The van der Waals surface area contributed by atoms with E-state index in [4.69, 9.17) is 34.8 Å². The van der Waals surface area contributed by atoms with E-state index in [0.717, 1.165) is 6.42 Å². The summed E-state index contributed by atoms with van der Waals surface area (Å²) in [6.45, 7) is 2.45. The molecule has 0 rings (SSSR count). The Labute approximate surface area is 74.8 Å². The molecular weight excluding hydrogens is 196 g/mol. The van der Waals surface area contributed by atoms with Crippen LogP contribution in [0.15, 0.2) is 0 Å². The molecule has 0 heterocycles. The van der Waals surface area contributed by atoms with Crippen molar-refractivity contribution in [2.24, 2.45) is 0 Å². The Hall–Kier alpha value is 0.340. The lowest BCUT2D eigenvalue weighted by atomic mass is 10.5. The van der Waals surface area contributed by atoms with E-state index in [1.165, 1.54) is 0 Å². The summed E-state index contributed by atoms with van der Waals surface area (Å²) in [7, 11) is 0. The standard InChI is InChI=1S/C5H8Cl3NO/c1-2-3-9-4(10)5(6,7)8/h2-3H2,1H3,(H,9,10). The van der Waals surface area contributed by atoms with Crippen LogP contribution in [0.5, 0.6) is 0 Å². The molecule has 1 amide bonds. The number of hydrogen-bond acceptors (Lipinski definition) is 1. The Balaban J connectivity index is 3.64. The molecule has 0 spiro atoms. The van der Waals surface area contributed by atoms with E-state index in [9.17, 15) is 4.79 Å². The van der Waals surface area contributed by atoms with Crippen LogP contribution in [0.4, 0.5) is 0 Å². The van der Waals surface area contributed by atoms with Crippen LogP contribution in [0.1, 0.15) is 13.3 Å². The van der Waals surface area contributed by atoms with Crippen LogP contribution < -0.4 is 5.32 Å². The third kappa shape index (κ3) is 4.20. The number of halogens is 3. The van der Waals surface area contributed by atoms with Crippen molar-refractivity contribution < 1.29 is 4.79 Å². The molecule has 0 saturated carbocycles. The van der Waals surface area contributed by atoms with E-state index in [-0.39, 0.29) is 0 Å². The number of carbonyl (C=O) groups excluding carboxylic acids is 1. The molecule has 0 unspecified atom stereocenters. The molecule has 0 aliphatic carbocycles. The number of amides is 1. The summed E-state index contributed by atoms with van der Waals surface area (Å²) in [4.78, 5) is 10.7. The van der Waals surface area contributed by atoms with Crippen LogP contribution in [0, 0.1) is 0 Å². The summed E-state index contributed by atoms with van der Waals surface area (Å²) >= 11 is 15.7. The van der Waals surface area contributed by atoms with Gasteiger partial charge in [0, 0.05) is 6.54 Å². The fraction of sp³-hybridized carbons (Fsp3) is 0.800. The highest BCUT2D eigenvalue weighted by atomic mass is 35.6. The van der Waals surface area contributed by atoms with Crippen molar-refractivity contribution in [3.63, 3.8) is 0 Å². The molecule has 0 aromatic carbocycles. The number of carbonyl (C=O) groups is 1. The molecule has 0 fully saturated rings. The van der Waals surface area contributed by atoms with Gasteiger partial charge in [-0.2, -0.15) is 0 Å². The zero-order valence-corrected chi connectivity index (χ0v) is 7.72. The van der Waals surface area contributed by atoms with Crippen molar-refractivity contribution in [1.29, 1.82) is 0 Å². The molecule has 0 aromatic heterocycles. The first-order valence-corrected chi connectivity index (χ1v) is 3.97. The number of alkyl halides is 3. The highest BCUT2D eigenvalue weighted by molar-refractivity contribution is 6.76. The Morgan fingerprint density at radius 2 is 2.00 bits per heavy atom. The third-order valence-corrected chi connectivity index (χ3v) is 1.31. The second-order valence-corrected chi connectivity index (χ2v) is 4.03. The van der Waals surface area contributed by atoms with E-state index >= 15 is 0 Å². The number of nitrogens with one attached hydrogen (secondary N) is 1. The molecule has 2 nitrogen and oxygen atoms in total. The van der Waals surface area contributed by atoms with Crippen molar-refractivity contribution in [1.82, 2.24) is 5.32 Å². The zero-order valence-electron chi connectivity index (χ0n) is 5.46. The van der Waals surface area contributed by atoms with Crippen LogP contribution in [0.25, 0.3) is 0 Å². The molecule has 0 saturated heterocycles. The van der Waals surface area contributed by atoms with Gasteiger partial charge in [0.05, 0.1) is 0 Å². The predicted molar refractivity (Wildman–Crippen MR) is 43.6 cm³/mol. The quantitative estimate of drug-likeness (QED) is 0.684. The van der Waals surface area contributed by atoms with Gasteiger partial charge in [0.25, 0.3) is 9.70 Å². The van der Waals surface area contributed by atoms with E-state index < -0.39 is 9.70 Å². The normalized spacial score (nSPS) is 11.2. The molecule has 0 aromatic rings. The maximum atomic E-state index is 10.7. The molecular formula is C5H8Cl3NO. The minimum atomic E-state index is -1.82. The molecule has 0 aliphatic heterocycles. The van der Waals surface area contributed by atoms with E-state index in [2.05, 4.69) is 5.32 Å². The minimum absolute atomic E-state index is 0.534. The van der Waals surface area contributed by atoms with Gasteiger partial charge in [-0.3, -0.25) is 4.79 Å². The zero-order chi connectivity index (χ0) is 8.20. The summed E-state index contributed by atoms with van der Waals surface area (Å²) in [6.07, 6.45) is 0.826. The third-order valence-electron chi connectivity index (χ3n) is 0.793. The second-order valence-electron chi connectivity index (χ2n) is 1.75. The van der Waals surface area contributed by atoms with Crippen molar-refractivity contribution in [3.8, 4) is 0 Å². The Morgan fingerprint density at radius 3 is 2.30 bits per heavy atom. The molecule has 1 N–H and O–H groups in total. The fourth-order valence-corrected chi connectivity index (χ4v) is 0.539. The van der Waals surface area contributed by atoms with E-state index in [0.29, 0.717) is 6.54 Å². The smallest absolute Gasteiger partial charge is 0.272 e. The highest BCUT2D eigenvalue weighted by Crippen LogP contribution is 2.25. The van der Waals surface area contributed by atoms with Crippen LogP contribution >= 0.6 is 34.8 Å². The van der Waals surface area contributed by atoms with Crippen molar-refractivity contribution >= 4 is 40.7 Å². The van der Waals surface area contributed by atoms with Crippen LogP contribution in [0.3, 0.4) is 0 Å². The van der Waals surface area contributed by atoms with Gasteiger partial charge in [0.15, 0.2) is 0 Å². The maximum absolute atomic E-state index is 10.7. The Kier molecular flexibility index (Phi) is 4.41.